The van der Waals surface area contributed by atoms with Crippen LogP contribution in [0.1, 0.15) is 18.4 Å². The minimum atomic E-state index is -0.0363. The van der Waals surface area contributed by atoms with Crippen molar-refractivity contribution in [2.24, 2.45) is 0 Å². The summed E-state index contributed by atoms with van der Waals surface area (Å²) in [5, 5.41) is 8.37. The van der Waals surface area contributed by atoms with Crippen molar-refractivity contribution in [2.45, 2.75) is 19.4 Å². The molecule has 0 atom stereocenters. The summed E-state index contributed by atoms with van der Waals surface area (Å²) in [4.78, 5) is 21.7. The third kappa shape index (κ3) is 8.08. The van der Waals surface area contributed by atoms with Gasteiger partial charge in [0.15, 0.2) is 0 Å². The quantitative estimate of drug-likeness (QED) is 0.306. The number of anilines is 1. The van der Waals surface area contributed by atoms with Crippen molar-refractivity contribution < 1.29 is 4.79 Å². The van der Waals surface area contributed by atoms with Gasteiger partial charge in [0.2, 0.25) is 0 Å². The van der Waals surface area contributed by atoms with Gasteiger partial charge in [0.25, 0.3) is 0 Å². The number of hydrogen-bond donors (Lipinski definition) is 2. The van der Waals surface area contributed by atoms with Crippen molar-refractivity contribution in [3.05, 3.63) is 102 Å². The van der Waals surface area contributed by atoms with Gasteiger partial charge >= 0.3 is 6.03 Å². The Bertz CT molecular complexity index is 1140. The van der Waals surface area contributed by atoms with Crippen molar-refractivity contribution in [1.82, 2.24) is 20.1 Å². The van der Waals surface area contributed by atoms with Crippen LogP contribution in [0, 0.1) is 31.1 Å². The molecule has 0 spiro atoms. The van der Waals surface area contributed by atoms with E-state index >= 15 is 0 Å². The summed E-state index contributed by atoms with van der Waals surface area (Å²) < 4.78 is 0. The molecule has 37 heavy (non-hydrogen) atoms. The number of carbonyl (C=O) groups is 1. The number of aromatic nitrogens is 1. The highest BCUT2D eigenvalue weighted by molar-refractivity contribution is 6.31. The highest BCUT2D eigenvalue weighted by Crippen LogP contribution is 2.34. The second-order valence-corrected chi connectivity index (χ2v) is 9.97. The zero-order chi connectivity index (χ0) is 26.0. The largest absolute Gasteiger partial charge is 0.384 e. The van der Waals surface area contributed by atoms with Gasteiger partial charge in [-0.05, 0) is 76.0 Å². The average Bonchev–Trinajstić information content (AvgIpc) is 3.32. The third-order valence-corrected chi connectivity index (χ3v) is 6.54. The highest BCUT2D eigenvalue weighted by Gasteiger charge is 2.32. The van der Waals surface area contributed by atoms with Crippen LogP contribution in [-0.2, 0) is 6.54 Å². The molecule has 1 saturated carbocycles. The Morgan fingerprint density at radius 3 is 2.54 bits per heavy atom. The Labute approximate surface area is 226 Å². The highest BCUT2D eigenvalue weighted by atomic mass is 35.5. The van der Waals surface area contributed by atoms with Crippen LogP contribution in [0.2, 0.25) is 5.02 Å². The second-order valence-electron chi connectivity index (χ2n) is 9.53. The lowest BCUT2D eigenvalue weighted by Gasteiger charge is -2.29. The summed E-state index contributed by atoms with van der Waals surface area (Å²) >= 11 is 6.11. The molecule has 1 aliphatic carbocycles. The molecule has 1 aromatic heterocycles. The number of benzene rings is 2. The molecule has 6 nitrogen and oxygen atoms in total. The van der Waals surface area contributed by atoms with E-state index in [1.165, 1.54) is 11.8 Å². The fourth-order valence-electron chi connectivity index (χ4n) is 4.41. The molecule has 3 aromatic rings. The molecule has 2 amide bonds. The first-order valence-corrected chi connectivity index (χ1v) is 13.1. The predicted octanol–water partition coefficient (Wildman–Crippen LogP) is 5.63. The number of pyridine rings is 1. The Morgan fingerprint density at radius 2 is 1.76 bits per heavy atom. The zero-order valence-corrected chi connectivity index (χ0v) is 22.3. The Morgan fingerprint density at radius 1 is 0.973 bits per heavy atom. The van der Waals surface area contributed by atoms with Crippen LogP contribution < -0.4 is 10.6 Å². The minimum absolute atomic E-state index is 0.0363. The van der Waals surface area contributed by atoms with E-state index in [0.717, 1.165) is 48.1 Å². The fraction of sp³-hybridized carbons (Fsp3) is 0.300. The van der Waals surface area contributed by atoms with Gasteiger partial charge in [-0.15, -0.1) is 0 Å². The average molecular weight is 517 g/mol. The number of carbonyl (C=O) groups excluding carboxylic acids is 1. The van der Waals surface area contributed by atoms with Crippen LogP contribution in [0.25, 0.3) is 10.9 Å². The molecule has 1 heterocycles. The van der Waals surface area contributed by atoms with Gasteiger partial charge in [0, 0.05) is 66.9 Å². The Kier molecular flexibility index (Phi) is 10.0. The molecular formula is C30H35ClN5O. The van der Waals surface area contributed by atoms with Gasteiger partial charge in [-0.25, -0.2) is 4.79 Å². The van der Waals surface area contributed by atoms with Crippen LogP contribution in [0.5, 0.6) is 0 Å². The SMILES string of the molecule is CN(C)C[C]1[CH][CH][CH][C]1CN(CCCCNc1ccnc2cc(Cl)ccc12)C(=O)NCc1ccccc1. The molecule has 0 saturated heterocycles. The molecule has 2 aromatic carbocycles. The first kappa shape index (κ1) is 27.2. The number of halogens is 1. The number of amides is 2. The van der Waals surface area contributed by atoms with E-state index < -0.39 is 0 Å². The van der Waals surface area contributed by atoms with Gasteiger partial charge in [-0.2, -0.15) is 0 Å². The van der Waals surface area contributed by atoms with Gasteiger partial charge in [-0.1, -0.05) is 41.9 Å². The summed E-state index contributed by atoms with van der Waals surface area (Å²) in [5.41, 5.74) is 3.01. The van der Waals surface area contributed by atoms with E-state index in [1.807, 2.05) is 59.5 Å². The van der Waals surface area contributed by atoms with Gasteiger partial charge in [0.05, 0.1) is 5.52 Å². The summed E-state index contributed by atoms with van der Waals surface area (Å²) in [6.07, 6.45) is 9.97. The lowest BCUT2D eigenvalue weighted by molar-refractivity contribution is 0.198. The van der Waals surface area contributed by atoms with Gasteiger partial charge < -0.3 is 20.4 Å². The molecular weight excluding hydrogens is 482 g/mol. The number of nitrogens with one attached hydrogen (secondary N) is 2. The number of unbranched alkanes of at least 4 members (excludes halogenated alkanes) is 1. The van der Waals surface area contributed by atoms with Crippen molar-refractivity contribution in [2.75, 3.05) is 45.6 Å². The summed E-state index contributed by atoms with van der Waals surface area (Å²) in [6.45, 7) is 3.46. The van der Waals surface area contributed by atoms with Crippen LogP contribution in [0.3, 0.4) is 0 Å². The number of fused-ring (bicyclic) bond motifs is 1. The van der Waals surface area contributed by atoms with E-state index in [2.05, 4.69) is 53.9 Å². The van der Waals surface area contributed by atoms with E-state index in [9.17, 15) is 4.79 Å². The molecule has 1 fully saturated rings. The van der Waals surface area contributed by atoms with E-state index in [1.54, 1.807) is 6.20 Å². The molecule has 5 radical (unpaired) electrons. The molecule has 4 rings (SSSR count). The molecule has 1 aliphatic rings. The predicted molar refractivity (Wildman–Crippen MR) is 153 cm³/mol. The standard InChI is InChI=1S/C30H35ClN5O/c1-35(2)21-24-11-8-12-25(24)22-36(30(37)34-20-23-9-4-3-5-10-23)18-7-6-16-32-28-15-17-33-29-19-26(31)13-14-27(28)29/h3-5,8-15,17,19H,6-7,16,18,20-22H2,1-2H3,(H,32,33)(H,34,37). The molecule has 0 bridgehead atoms. The Balaban J connectivity index is 1.32. The van der Waals surface area contributed by atoms with E-state index in [-0.39, 0.29) is 6.03 Å². The zero-order valence-electron chi connectivity index (χ0n) is 21.6. The monoisotopic (exact) mass is 516 g/mol. The van der Waals surface area contributed by atoms with Crippen LogP contribution in [0.15, 0.2) is 60.8 Å². The van der Waals surface area contributed by atoms with Gasteiger partial charge in [-0.3, -0.25) is 4.98 Å². The molecule has 7 heteroatoms. The van der Waals surface area contributed by atoms with E-state index in [4.69, 9.17) is 11.6 Å². The molecule has 0 aliphatic heterocycles. The van der Waals surface area contributed by atoms with Crippen LogP contribution >= 0.6 is 11.6 Å². The summed E-state index contributed by atoms with van der Waals surface area (Å²) in [7, 11) is 4.13. The summed E-state index contributed by atoms with van der Waals surface area (Å²) in [5.74, 6) is 2.46. The van der Waals surface area contributed by atoms with Crippen molar-refractivity contribution >= 4 is 34.2 Å². The number of rotatable bonds is 12. The van der Waals surface area contributed by atoms with Crippen molar-refractivity contribution in [3.63, 3.8) is 0 Å². The Hall–Kier alpha value is -2.83. The first-order valence-electron chi connectivity index (χ1n) is 12.7. The summed E-state index contributed by atoms with van der Waals surface area (Å²) in [6, 6.07) is 17.7. The molecule has 193 valence electrons. The number of urea groups is 1. The maximum Gasteiger partial charge on any atom is 0.317 e. The topological polar surface area (TPSA) is 60.5 Å². The van der Waals surface area contributed by atoms with Gasteiger partial charge in [0.1, 0.15) is 0 Å². The maximum atomic E-state index is 13.2. The lowest BCUT2D eigenvalue weighted by Crippen LogP contribution is -2.43. The van der Waals surface area contributed by atoms with Crippen molar-refractivity contribution in [1.29, 1.82) is 0 Å². The van der Waals surface area contributed by atoms with Crippen LogP contribution in [-0.4, -0.2) is 61.1 Å². The molecule has 2 N–H and O–H groups in total. The van der Waals surface area contributed by atoms with Crippen molar-refractivity contribution in [3.8, 4) is 0 Å². The maximum absolute atomic E-state index is 13.2. The normalized spacial score (nSPS) is 14.4. The second kappa shape index (κ2) is 13.6. The molecule has 0 unspecified atom stereocenters. The van der Waals surface area contributed by atoms with Crippen LogP contribution in [0.4, 0.5) is 10.5 Å². The fourth-order valence-corrected chi connectivity index (χ4v) is 4.58. The minimum Gasteiger partial charge on any atom is -0.384 e. The third-order valence-electron chi connectivity index (χ3n) is 6.30. The van der Waals surface area contributed by atoms with E-state index in [0.29, 0.717) is 24.7 Å². The first-order chi connectivity index (χ1) is 18.0. The number of nitrogens with zero attached hydrogens (tertiary/aromatic N) is 3. The number of hydrogen-bond acceptors (Lipinski definition) is 4. The lowest BCUT2D eigenvalue weighted by atomic mass is 9.95. The smallest absolute Gasteiger partial charge is 0.317 e.